The predicted molar refractivity (Wildman–Crippen MR) is 87.4 cm³/mol. The monoisotopic (exact) mass is 307 g/mol. The molecular formula is C17H22ClNO2. The van der Waals surface area contributed by atoms with E-state index < -0.39 is 0 Å². The lowest BCUT2D eigenvalue weighted by Gasteiger charge is -2.08. The summed E-state index contributed by atoms with van der Waals surface area (Å²) in [6.45, 7) is 1.95. The summed E-state index contributed by atoms with van der Waals surface area (Å²) in [4.78, 5) is 11.9. The Balaban J connectivity index is 2.56. The molecule has 0 unspecified atom stereocenters. The molecule has 0 spiro atoms. The first-order valence-electron chi connectivity index (χ1n) is 7.36. The zero-order chi connectivity index (χ0) is 15.5. The molecule has 1 aromatic rings. The fraction of sp³-hybridized carbons (Fsp3) is 0.471. The maximum absolute atomic E-state index is 11.9. The molecule has 0 aliphatic rings. The summed E-state index contributed by atoms with van der Waals surface area (Å²) < 4.78 is 0. The third-order valence-corrected chi connectivity index (χ3v) is 3.30. The number of anilines is 1. The summed E-state index contributed by atoms with van der Waals surface area (Å²) >= 11 is 5.95. The van der Waals surface area contributed by atoms with Crippen LogP contribution in [0.25, 0.3) is 0 Å². The van der Waals surface area contributed by atoms with Gasteiger partial charge in [-0.2, -0.15) is 0 Å². The average Bonchev–Trinajstić information content (AvgIpc) is 2.46. The number of hydrogen-bond acceptors (Lipinski definition) is 2. The molecule has 0 radical (unpaired) electrons. The maximum Gasteiger partial charge on any atom is 0.224 e. The minimum atomic E-state index is -0.215. The van der Waals surface area contributed by atoms with E-state index in [1.165, 1.54) is 19.3 Å². The van der Waals surface area contributed by atoms with Crippen LogP contribution in [0.2, 0.25) is 5.02 Å². The second kappa shape index (κ2) is 10.3. The van der Waals surface area contributed by atoms with Gasteiger partial charge >= 0.3 is 0 Å². The van der Waals surface area contributed by atoms with Crippen LogP contribution in [0.4, 0.5) is 5.69 Å². The normalized spacial score (nSPS) is 9.86. The SMILES string of the molecule is CCCCCCCC(=O)Nc1cc(Cl)ccc1C#CCO. The lowest BCUT2D eigenvalue weighted by Crippen LogP contribution is -2.12. The van der Waals surface area contributed by atoms with Crippen molar-refractivity contribution in [2.45, 2.75) is 45.4 Å². The molecule has 0 saturated heterocycles. The van der Waals surface area contributed by atoms with Gasteiger partial charge in [0.1, 0.15) is 6.61 Å². The van der Waals surface area contributed by atoms with E-state index in [-0.39, 0.29) is 12.5 Å². The Hall–Kier alpha value is -1.50. The number of rotatable bonds is 7. The van der Waals surface area contributed by atoms with E-state index in [9.17, 15) is 4.79 Å². The fourth-order valence-corrected chi connectivity index (χ4v) is 2.14. The summed E-state index contributed by atoms with van der Waals surface area (Å²) in [6, 6.07) is 5.13. The quantitative estimate of drug-likeness (QED) is 0.591. The van der Waals surface area contributed by atoms with Gasteiger partial charge in [-0.15, -0.1) is 0 Å². The van der Waals surface area contributed by atoms with Crippen molar-refractivity contribution in [2.75, 3.05) is 11.9 Å². The fourth-order valence-electron chi connectivity index (χ4n) is 1.97. The van der Waals surface area contributed by atoms with Crippen LogP contribution in [-0.2, 0) is 4.79 Å². The van der Waals surface area contributed by atoms with Gasteiger partial charge in [0.2, 0.25) is 5.91 Å². The van der Waals surface area contributed by atoms with Gasteiger partial charge in [0, 0.05) is 17.0 Å². The third-order valence-electron chi connectivity index (χ3n) is 3.07. The van der Waals surface area contributed by atoms with Crippen molar-refractivity contribution in [1.29, 1.82) is 0 Å². The van der Waals surface area contributed by atoms with E-state index in [2.05, 4.69) is 24.1 Å². The third kappa shape index (κ3) is 7.17. The van der Waals surface area contributed by atoms with Crippen LogP contribution in [-0.4, -0.2) is 17.6 Å². The Bertz CT molecular complexity index is 517. The summed E-state index contributed by atoms with van der Waals surface area (Å²) in [5.41, 5.74) is 1.26. The number of aliphatic hydroxyl groups is 1. The molecule has 0 bridgehead atoms. The van der Waals surface area contributed by atoms with Crippen LogP contribution in [0.5, 0.6) is 0 Å². The molecule has 0 aliphatic carbocycles. The van der Waals surface area contributed by atoms with Crippen molar-refractivity contribution in [2.24, 2.45) is 0 Å². The second-order valence-corrected chi connectivity index (χ2v) is 5.30. The molecule has 4 heteroatoms. The van der Waals surface area contributed by atoms with Gasteiger partial charge in [-0.05, 0) is 24.6 Å². The maximum atomic E-state index is 11.9. The summed E-state index contributed by atoms with van der Waals surface area (Å²) in [6.07, 6.45) is 6.06. The molecule has 0 fully saturated rings. The van der Waals surface area contributed by atoms with Crippen LogP contribution < -0.4 is 5.32 Å². The molecule has 1 rings (SSSR count). The number of benzene rings is 1. The highest BCUT2D eigenvalue weighted by atomic mass is 35.5. The van der Waals surface area contributed by atoms with E-state index in [0.29, 0.717) is 22.7 Å². The number of halogens is 1. The van der Waals surface area contributed by atoms with E-state index >= 15 is 0 Å². The van der Waals surface area contributed by atoms with Gasteiger partial charge in [0.05, 0.1) is 5.69 Å². The lowest BCUT2D eigenvalue weighted by atomic mass is 10.1. The molecule has 0 aliphatic heterocycles. The average molecular weight is 308 g/mol. The topological polar surface area (TPSA) is 49.3 Å². The second-order valence-electron chi connectivity index (χ2n) is 4.86. The van der Waals surface area contributed by atoms with Crippen LogP contribution >= 0.6 is 11.6 Å². The number of nitrogens with one attached hydrogen (secondary N) is 1. The van der Waals surface area contributed by atoms with E-state index in [1.807, 2.05) is 0 Å². The molecule has 0 aromatic heterocycles. The molecule has 21 heavy (non-hydrogen) atoms. The highest BCUT2D eigenvalue weighted by Crippen LogP contribution is 2.21. The molecule has 0 saturated carbocycles. The molecule has 2 N–H and O–H groups in total. The zero-order valence-corrected chi connectivity index (χ0v) is 13.2. The zero-order valence-electron chi connectivity index (χ0n) is 12.4. The molecule has 0 heterocycles. The smallest absolute Gasteiger partial charge is 0.224 e. The largest absolute Gasteiger partial charge is 0.384 e. The van der Waals surface area contributed by atoms with Gasteiger partial charge in [-0.3, -0.25) is 4.79 Å². The number of unbranched alkanes of at least 4 members (excludes halogenated alkanes) is 4. The van der Waals surface area contributed by atoms with Gasteiger partial charge < -0.3 is 10.4 Å². The van der Waals surface area contributed by atoms with Gasteiger partial charge in [0.25, 0.3) is 0 Å². The Morgan fingerprint density at radius 1 is 1.29 bits per heavy atom. The van der Waals surface area contributed by atoms with E-state index in [1.54, 1.807) is 18.2 Å². The first kappa shape index (κ1) is 17.6. The van der Waals surface area contributed by atoms with Crippen LogP contribution in [0.15, 0.2) is 18.2 Å². The molecule has 1 aromatic carbocycles. The molecule has 0 atom stereocenters. The number of carbonyl (C=O) groups excluding carboxylic acids is 1. The molecule has 114 valence electrons. The Morgan fingerprint density at radius 2 is 2.05 bits per heavy atom. The number of aliphatic hydroxyl groups excluding tert-OH is 1. The van der Waals surface area contributed by atoms with Crippen molar-refractivity contribution in [3.8, 4) is 11.8 Å². The number of carbonyl (C=O) groups is 1. The van der Waals surface area contributed by atoms with Gasteiger partial charge in [0.15, 0.2) is 0 Å². The Labute approximate surface area is 131 Å². The first-order valence-corrected chi connectivity index (χ1v) is 7.74. The van der Waals surface area contributed by atoms with Crippen molar-refractivity contribution < 1.29 is 9.90 Å². The Morgan fingerprint density at radius 3 is 2.76 bits per heavy atom. The van der Waals surface area contributed by atoms with Crippen molar-refractivity contribution in [3.05, 3.63) is 28.8 Å². The van der Waals surface area contributed by atoms with Gasteiger partial charge in [-0.1, -0.05) is 56.0 Å². The summed E-state index contributed by atoms with van der Waals surface area (Å²) in [7, 11) is 0. The van der Waals surface area contributed by atoms with Crippen molar-refractivity contribution in [3.63, 3.8) is 0 Å². The minimum Gasteiger partial charge on any atom is -0.384 e. The Kier molecular flexibility index (Phi) is 8.57. The summed E-state index contributed by atoms with van der Waals surface area (Å²) in [5, 5.41) is 12.1. The van der Waals surface area contributed by atoms with E-state index in [4.69, 9.17) is 16.7 Å². The highest BCUT2D eigenvalue weighted by molar-refractivity contribution is 6.31. The van der Waals surface area contributed by atoms with Crippen LogP contribution in [0.1, 0.15) is 51.0 Å². The summed E-state index contributed by atoms with van der Waals surface area (Å²) in [5.74, 6) is 5.35. The molecule has 1 amide bonds. The van der Waals surface area contributed by atoms with Crippen molar-refractivity contribution in [1.82, 2.24) is 0 Å². The van der Waals surface area contributed by atoms with E-state index in [0.717, 1.165) is 12.8 Å². The lowest BCUT2D eigenvalue weighted by molar-refractivity contribution is -0.116. The first-order chi connectivity index (χ1) is 10.2. The van der Waals surface area contributed by atoms with Crippen LogP contribution in [0, 0.1) is 11.8 Å². The van der Waals surface area contributed by atoms with Crippen LogP contribution in [0.3, 0.4) is 0 Å². The number of amides is 1. The molecule has 3 nitrogen and oxygen atoms in total. The number of hydrogen-bond donors (Lipinski definition) is 2. The minimum absolute atomic E-state index is 0.0270. The highest BCUT2D eigenvalue weighted by Gasteiger charge is 2.06. The van der Waals surface area contributed by atoms with Crippen molar-refractivity contribution >= 4 is 23.2 Å². The molecular weight excluding hydrogens is 286 g/mol. The van der Waals surface area contributed by atoms with Gasteiger partial charge in [-0.25, -0.2) is 0 Å². The standard InChI is InChI=1S/C17H22ClNO2/c1-2-3-4-5-6-9-17(21)19-16-13-15(18)11-10-14(16)8-7-12-20/h10-11,13,20H,2-6,9,12H2,1H3,(H,19,21). The predicted octanol–water partition coefficient (Wildman–Crippen LogP) is 3.98.